The van der Waals surface area contributed by atoms with Crippen LogP contribution in [-0.4, -0.2) is 11.9 Å². The van der Waals surface area contributed by atoms with Gasteiger partial charge in [-0.1, -0.05) is 36.4 Å². The second-order valence-corrected chi connectivity index (χ2v) is 5.02. The molecule has 3 rings (SSSR count). The summed E-state index contributed by atoms with van der Waals surface area (Å²) >= 11 is 0. The summed E-state index contributed by atoms with van der Waals surface area (Å²) in [5.74, 6) is -0.275. The number of benzene rings is 2. The van der Waals surface area contributed by atoms with Gasteiger partial charge in [0.25, 0.3) is 5.91 Å². The fourth-order valence-corrected chi connectivity index (χ4v) is 2.10. The first kappa shape index (κ1) is 12.4. The predicted octanol–water partition coefficient (Wildman–Crippen LogP) is 3.03. The molecular formula is C17H14N2O. The Morgan fingerprint density at radius 3 is 2.65 bits per heavy atom. The second kappa shape index (κ2) is 5.18. The summed E-state index contributed by atoms with van der Waals surface area (Å²) in [7, 11) is 0. The van der Waals surface area contributed by atoms with Crippen LogP contribution in [0.3, 0.4) is 0 Å². The van der Waals surface area contributed by atoms with Gasteiger partial charge in [0.15, 0.2) is 0 Å². The van der Waals surface area contributed by atoms with E-state index in [4.69, 9.17) is 5.26 Å². The molecule has 0 unspecified atom stereocenters. The third-order valence-corrected chi connectivity index (χ3v) is 3.36. The van der Waals surface area contributed by atoms with Gasteiger partial charge in [-0.2, -0.15) is 5.26 Å². The summed E-state index contributed by atoms with van der Waals surface area (Å²) in [5.41, 5.74) is 1.03. The summed E-state index contributed by atoms with van der Waals surface area (Å²) < 4.78 is 0. The molecule has 3 heteroatoms. The third kappa shape index (κ3) is 2.70. The van der Waals surface area contributed by atoms with Crippen molar-refractivity contribution in [1.82, 2.24) is 5.32 Å². The number of amides is 1. The molecule has 0 spiro atoms. The Kier molecular flexibility index (Phi) is 3.22. The molecule has 1 N–H and O–H groups in total. The first-order valence-electron chi connectivity index (χ1n) is 6.68. The Hall–Kier alpha value is -2.60. The molecule has 0 bridgehead atoms. The molecule has 1 aliphatic carbocycles. The zero-order valence-corrected chi connectivity index (χ0v) is 11.0. The minimum absolute atomic E-state index is 0.159. The number of nitrogens with zero attached hydrogens (tertiary/aromatic N) is 1. The molecule has 98 valence electrons. The number of nitrogens with one attached hydrogen (secondary N) is 1. The summed E-state index contributed by atoms with van der Waals surface area (Å²) in [4.78, 5) is 11.9. The van der Waals surface area contributed by atoms with E-state index in [1.165, 1.54) is 0 Å². The smallest absolute Gasteiger partial charge is 0.262 e. The fraction of sp³-hybridized carbons (Fsp3) is 0.176. The zero-order chi connectivity index (χ0) is 13.9. The largest absolute Gasteiger partial charge is 0.349 e. The minimum Gasteiger partial charge on any atom is -0.349 e. The van der Waals surface area contributed by atoms with Crippen molar-refractivity contribution in [2.45, 2.75) is 18.9 Å². The van der Waals surface area contributed by atoms with E-state index in [1.54, 1.807) is 6.08 Å². The first-order valence-corrected chi connectivity index (χ1v) is 6.68. The minimum atomic E-state index is -0.275. The number of hydrogen-bond acceptors (Lipinski definition) is 2. The summed E-state index contributed by atoms with van der Waals surface area (Å²) in [6, 6.07) is 16.2. The van der Waals surface area contributed by atoms with Crippen molar-refractivity contribution in [1.29, 1.82) is 5.26 Å². The van der Waals surface area contributed by atoms with Crippen LogP contribution >= 0.6 is 0 Å². The van der Waals surface area contributed by atoms with E-state index in [-0.39, 0.29) is 17.5 Å². The van der Waals surface area contributed by atoms with E-state index < -0.39 is 0 Å². The van der Waals surface area contributed by atoms with Crippen molar-refractivity contribution in [3.63, 3.8) is 0 Å². The van der Waals surface area contributed by atoms with E-state index in [0.29, 0.717) is 0 Å². The van der Waals surface area contributed by atoms with Crippen LogP contribution in [0.4, 0.5) is 0 Å². The van der Waals surface area contributed by atoms with Gasteiger partial charge in [-0.15, -0.1) is 0 Å². The van der Waals surface area contributed by atoms with Crippen molar-refractivity contribution < 1.29 is 4.79 Å². The second-order valence-electron chi connectivity index (χ2n) is 5.02. The lowest BCUT2D eigenvalue weighted by atomic mass is 10.1. The highest BCUT2D eigenvalue weighted by Gasteiger charge is 2.24. The molecule has 0 saturated heterocycles. The fourth-order valence-electron chi connectivity index (χ4n) is 2.10. The summed E-state index contributed by atoms with van der Waals surface area (Å²) in [5, 5.41) is 14.2. The third-order valence-electron chi connectivity index (χ3n) is 3.36. The molecule has 0 aromatic heterocycles. The van der Waals surface area contributed by atoms with Crippen LogP contribution in [0.5, 0.6) is 0 Å². The molecule has 1 aliphatic rings. The highest BCUT2D eigenvalue weighted by atomic mass is 16.1. The topological polar surface area (TPSA) is 52.9 Å². The van der Waals surface area contributed by atoms with Crippen molar-refractivity contribution in [3.8, 4) is 6.07 Å². The number of carbonyl (C=O) groups is 1. The maximum absolute atomic E-state index is 11.9. The van der Waals surface area contributed by atoms with Crippen LogP contribution in [0.1, 0.15) is 18.4 Å². The number of rotatable bonds is 3. The molecular weight excluding hydrogens is 248 g/mol. The first-order chi connectivity index (χ1) is 9.76. The summed E-state index contributed by atoms with van der Waals surface area (Å²) in [6.45, 7) is 0. The highest BCUT2D eigenvalue weighted by molar-refractivity contribution is 6.02. The molecule has 2 aromatic carbocycles. The predicted molar refractivity (Wildman–Crippen MR) is 78.7 cm³/mol. The van der Waals surface area contributed by atoms with Crippen molar-refractivity contribution in [3.05, 3.63) is 53.6 Å². The SMILES string of the molecule is N#C/C(=C\c1ccc2ccccc2c1)C(=O)NC1CC1. The lowest BCUT2D eigenvalue weighted by molar-refractivity contribution is -0.117. The summed E-state index contributed by atoms with van der Waals surface area (Å²) in [6.07, 6.45) is 3.67. The molecule has 1 fully saturated rings. The standard InChI is InChI=1S/C17H14N2O/c18-11-15(17(20)19-16-7-8-16)10-12-5-6-13-3-1-2-4-14(13)9-12/h1-6,9-10,16H,7-8H2,(H,19,20)/b15-10+. The molecule has 0 atom stereocenters. The number of carbonyl (C=O) groups excluding carboxylic acids is 1. The highest BCUT2D eigenvalue weighted by Crippen LogP contribution is 2.20. The Balaban J connectivity index is 1.90. The molecule has 2 aromatic rings. The van der Waals surface area contributed by atoms with Gasteiger partial charge < -0.3 is 5.32 Å². The monoisotopic (exact) mass is 262 g/mol. The van der Waals surface area contributed by atoms with Crippen molar-refractivity contribution in [2.24, 2.45) is 0 Å². The normalized spacial score (nSPS) is 14.8. The zero-order valence-electron chi connectivity index (χ0n) is 11.0. The lowest BCUT2D eigenvalue weighted by Gasteiger charge is -2.02. The Bertz CT molecular complexity index is 736. The van der Waals surface area contributed by atoms with E-state index >= 15 is 0 Å². The van der Waals surface area contributed by atoms with Crippen molar-refractivity contribution in [2.75, 3.05) is 0 Å². The van der Waals surface area contributed by atoms with Gasteiger partial charge >= 0.3 is 0 Å². The Morgan fingerprint density at radius 2 is 1.95 bits per heavy atom. The maximum Gasteiger partial charge on any atom is 0.262 e. The van der Waals surface area contributed by atoms with Gasteiger partial charge in [0, 0.05) is 6.04 Å². The molecule has 0 aliphatic heterocycles. The maximum atomic E-state index is 11.9. The van der Waals surface area contributed by atoms with E-state index in [9.17, 15) is 4.79 Å². The van der Waals surface area contributed by atoms with Crippen LogP contribution in [0, 0.1) is 11.3 Å². The van der Waals surface area contributed by atoms with Gasteiger partial charge in [0.1, 0.15) is 11.6 Å². The van der Waals surface area contributed by atoms with Gasteiger partial charge in [0.05, 0.1) is 0 Å². The van der Waals surface area contributed by atoms with Crippen LogP contribution in [0.2, 0.25) is 0 Å². The van der Waals surface area contributed by atoms with Crippen molar-refractivity contribution >= 4 is 22.8 Å². The quantitative estimate of drug-likeness (QED) is 0.682. The van der Waals surface area contributed by atoms with Crippen LogP contribution < -0.4 is 5.32 Å². The van der Waals surface area contributed by atoms with Crippen LogP contribution in [-0.2, 0) is 4.79 Å². The Morgan fingerprint density at radius 1 is 1.20 bits per heavy atom. The average Bonchev–Trinajstić information content (AvgIpc) is 3.28. The van der Waals surface area contributed by atoms with Crippen LogP contribution in [0.15, 0.2) is 48.0 Å². The molecule has 3 nitrogen and oxygen atoms in total. The van der Waals surface area contributed by atoms with E-state index in [2.05, 4.69) is 5.32 Å². The number of nitriles is 1. The van der Waals surface area contributed by atoms with Crippen LogP contribution in [0.25, 0.3) is 16.8 Å². The molecule has 20 heavy (non-hydrogen) atoms. The number of fused-ring (bicyclic) bond motifs is 1. The number of hydrogen-bond donors (Lipinski definition) is 1. The van der Waals surface area contributed by atoms with E-state index in [0.717, 1.165) is 29.2 Å². The molecule has 0 heterocycles. The van der Waals surface area contributed by atoms with Gasteiger partial charge in [-0.3, -0.25) is 4.79 Å². The molecule has 1 saturated carbocycles. The van der Waals surface area contributed by atoms with Gasteiger partial charge in [-0.05, 0) is 41.3 Å². The molecule has 0 radical (unpaired) electrons. The lowest BCUT2D eigenvalue weighted by Crippen LogP contribution is -2.26. The average molecular weight is 262 g/mol. The van der Waals surface area contributed by atoms with Gasteiger partial charge in [-0.25, -0.2) is 0 Å². The Labute approximate surface area is 117 Å². The van der Waals surface area contributed by atoms with E-state index in [1.807, 2.05) is 48.5 Å². The molecule has 1 amide bonds. The van der Waals surface area contributed by atoms with Gasteiger partial charge in [0.2, 0.25) is 0 Å².